The monoisotopic (exact) mass is 370 g/mol. The highest BCUT2D eigenvalue weighted by Crippen LogP contribution is 2.30. The maximum absolute atomic E-state index is 13.1. The maximum Gasteiger partial charge on any atom is 0.255 e. The summed E-state index contributed by atoms with van der Waals surface area (Å²) in [7, 11) is -3.49. The average molecular weight is 370 g/mol. The molecule has 2 aromatic rings. The van der Waals surface area contributed by atoms with Crippen molar-refractivity contribution in [1.29, 1.82) is 0 Å². The number of carbonyl (C=O) groups is 2. The number of para-hydroxylation sites is 1. The SMILES string of the molecule is O=C(C1CS(=O)(=O)CN1C(=O)c1ccccc1)N1CCc2ccccc21. The van der Waals surface area contributed by atoms with Gasteiger partial charge in [0.1, 0.15) is 11.9 Å². The van der Waals surface area contributed by atoms with Gasteiger partial charge in [0.25, 0.3) is 11.8 Å². The summed E-state index contributed by atoms with van der Waals surface area (Å²) in [5.41, 5.74) is 2.24. The number of rotatable bonds is 2. The number of fused-ring (bicyclic) bond motifs is 1. The summed E-state index contributed by atoms with van der Waals surface area (Å²) < 4.78 is 24.4. The van der Waals surface area contributed by atoms with E-state index in [1.54, 1.807) is 35.2 Å². The van der Waals surface area contributed by atoms with Crippen molar-refractivity contribution >= 4 is 27.3 Å². The first kappa shape index (κ1) is 16.8. The third-order valence-electron chi connectivity index (χ3n) is 4.84. The number of benzene rings is 2. The summed E-state index contributed by atoms with van der Waals surface area (Å²) in [5.74, 6) is -1.52. The highest BCUT2D eigenvalue weighted by atomic mass is 32.2. The number of sulfone groups is 1. The van der Waals surface area contributed by atoms with E-state index in [1.165, 1.54) is 4.90 Å². The van der Waals surface area contributed by atoms with Gasteiger partial charge in [-0.1, -0.05) is 36.4 Å². The molecule has 7 heteroatoms. The molecule has 4 rings (SSSR count). The van der Waals surface area contributed by atoms with E-state index in [2.05, 4.69) is 0 Å². The summed E-state index contributed by atoms with van der Waals surface area (Å²) in [5, 5.41) is 0. The summed E-state index contributed by atoms with van der Waals surface area (Å²) in [6, 6.07) is 15.0. The summed E-state index contributed by atoms with van der Waals surface area (Å²) in [6.45, 7) is 0.502. The maximum atomic E-state index is 13.1. The van der Waals surface area contributed by atoms with Gasteiger partial charge in [0.15, 0.2) is 9.84 Å². The highest BCUT2D eigenvalue weighted by molar-refractivity contribution is 7.91. The molecule has 1 saturated heterocycles. The van der Waals surface area contributed by atoms with Gasteiger partial charge in [-0.25, -0.2) is 8.42 Å². The summed E-state index contributed by atoms with van der Waals surface area (Å²) in [4.78, 5) is 28.7. The first-order valence-electron chi connectivity index (χ1n) is 8.42. The van der Waals surface area contributed by atoms with Gasteiger partial charge in [-0.3, -0.25) is 9.59 Å². The van der Waals surface area contributed by atoms with Crippen molar-refractivity contribution < 1.29 is 18.0 Å². The van der Waals surface area contributed by atoms with Crippen LogP contribution in [-0.2, 0) is 21.1 Å². The molecule has 6 nitrogen and oxygen atoms in total. The largest absolute Gasteiger partial charge is 0.311 e. The molecule has 1 fully saturated rings. The van der Waals surface area contributed by atoms with Crippen LogP contribution in [0, 0.1) is 0 Å². The molecule has 1 atom stereocenters. The van der Waals surface area contributed by atoms with E-state index >= 15 is 0 Å². The Labute approximate surface area is 151 Å². The zero-order valence-corrected chi connectivity index (χ0v) is 14.9. The van der Waals surface area contributed by atoms with E-state index in [0.29, 0.717) is 12.1 Å². The zero-order chi connectivity index (χ0) is 18.3. The lowest BCUT2D eigenvalue weighted by molar-refractivity contribution is -0.121. The van der Waals surface area contributed by atoms with Crippen LogP contribution >= 0.6 is 0 Å². The highest BCUT2D eigenvalue weighted by Gasteiger charge is 2.45. The number of hydrogen-bond acceptors (Lipinski definition) is 4. The van der Waals surface area contributed by atoms with Gasteiger partial charge in [-0.2, -0.15) is 0 Å². The van der Waals surface area contributed by atoms with Gasteiger partial charge in [0.2, 0.25) is 0 Å². The smallest absolute Gasteiger partial charge is 0.255 e. The number of anilines is 1. The lowest BCUT2D eigenvalue weighted by Crippen LogP contribution is -2.48. The second kappa shape index (κ2) is 6.25. The molecule has 0 bridgehead atoms. The first-order valence-corrected chi connectivity index (χ1v) is 10.2. The minimum Gasteiger partial charge on any atom is -0.311 e. The van der Waals surface area contributed by atoms with Crippen LogP contribution < -0.4 is 4.90 Å². The van der Waals surface area contributed by atoms with E-state index in [1.807, 2.05) is 24.3 Å². The minimum absolute atomic E-state index is 0.330. The third kappa shape index (κ3) is 2.88. The second-order valence-electron chi connectivity index (χ2n) is 6.56. The molecule has 26 heavy (non-hydrogen) atoms. The van der Waals surface area contributed by atoms with Crippen molar-refractivity contribution in [3.05, 3.63) is 65.7 Å². The average Bonchev–Trinajstić information content (AvgIpc) is 3.22. The Balaban J connectivity index is 1.66. The topological polar surface area (TPSA) is 74.8 Å². The number of hydrogen-bond donors (Lipinski definition) is 0. The van der Waals surface area contributed by atoms with E-state index in [4.69, 9.17) is 0 Å². The van der Waals surface area contributed by atoms with Crippen LogP contribution in [0.2, 0.25) is 0 Å². The Kier molecular flexibility index (Phi) is 4.03. The molecule has 2 amide bonds. The van der Waals surface area contributed by atoms with Crippen LogP contribution in [-0.4, -0.2) is 49.3 Å². The molecule has 2 aromatic carbocycles. The fourth-order valence-corrected chi connectivity index (χ4v) is 5.21. The molecule has 0 N–H and O–H groups in total. The number of carbonyl (C=O) groups excluding carboxylic acids is 2. The molecular weight excluding hydrogens is 352 g/mol. The number of amides is 2. The number of nitrogens with zero attached hydrogens (tertiary/aromatic N) is 2. The van der Waals surface area contributed by atoms with Crippen molar-refractivity contribution in [3.8, 4) is 0 Å². The predicted octanol–water partition coefficient (Wildman–Crippen LogP) is 1.47. The fraction of sp³-hybridized carbons (Fsp3) is 0.263. The van der Waals surface area contributed by atoms with Gasteiger partial charge in [0, 0.05) is 17.8 Å². The third-order valence-corrected chi connectivity index (χ3v) is 6.34. The Morgan fingerprint density at radius 1 is 0.962 bits per heavy atom. The van der Waals surface area contributed by atoms with Crippen LogP contribution in [0.25, 0.3) is 0 Å². The van der Waals surface area contributed by atoms with Gasteiger partial charge in [-0.05, 0) is 30.2 Å². The van der Waals surface area contributed by atoms with Gasteiger partial charge < -0.3 is 9.80 Å². The lowest BCUT2D eigenvalue weighted by atomic mass is 10.1. The van der Waals surface area contributed by atoms with Gasteiger partial charge in [-0.15, -0.1) is 0 Å². The molecule has 2 aliphatic heterocycles. The molecule has 0 radical (unpaired) electrons. The van der Waals surface area contributed by atoms with E-state index in [0.717, 1.165) is 17.7 Å². The van der Waals surface area contributed by atoms with Gasteiger partial charge >= 0.3 is 0 Å². The standard InChI is InChI=1S/C19H18N2O4S/c22-18(15-7-2-1-3-8-15)21-13-26(24,25)12-17(21)19(23)20-11-10-14-6-4-5-9-16(14)20/h1-9,17H,10-13H2. The Hall–Kier alpha value is -2.67. The Morgan fingerprint density at radius 3 is 2.42 bits per heavy atom. The molecular formula is C19H18N2O4S. The van der Waals surface area contributed by atoms with Crippen LogP contribution in [0.15, 0.2) is 54.6 Å². The predicted molar refractivity (Wildman–Crippen MR) is 97.6 cm³/mol. The second-order valence-corrected chi connectivity index (χ2v) is 8.64. The molecule has 1 unspecified atom stereocenters. The minimum atomic E-state index is -3.49. The summed E-state index contributed by atoms with van der Waals surface area (Å²) >= 11 is 0. The zero-order valence-electron chi connectivity index (χ0n) is 14.0. The van der Waals surface area contributed by atoms with Crippen LogP contribution in [0.1, 0.15) is 15.9 Å². The van der Waals surface area contributed by atoms with Crippen molar-refractivity contribution in [2.45, 2.75) is 12.5 Å². The molecule has 2 aliphatic rings. The van der Waals surface area contributed by atoms with Gasteiger partial charge in [0.05, 0.1) is 5.75 Å². The molecule has 0 saturated carbocycles. The Bertz CT molecular complexity index is 972. The van der Waals surface area contributed by atoms with Crippen molar-refractivity contribution in [2.24, 2.45) is 0 Å². The molecule has 2 heterocycles. The van der Waals surface area contributed by atoms with E-state index in [9.17, 15) is 18.0 Å². The van der Waals surface area contributed by atoms with Crippen LogP contribution in [0.5, 0.6) is 0 Å². The van der Waals surface area contributed by atoms with Crippen molar-refractivity contribution in [1.82, 2.24) is 4.90 Å². The molecule has 0 aliphatic carbocycles. The normalized spacial score (nSPS) is 20.8. The van der Waals surface area contributed by atoms with E-state index < -0.39 is 27.7 Å². The lowest BCUT2D eigenvalue weighted by Gasteiger charge is -2.27. The molecule has 0 aromatic heterocycles. The Morgan fingerprint density at radius 2 is 1.65 bits per heavy atom. The van der Waals surface area contributed by atoms with Crippen molar-refractivity contribution in [2.75, 3.05) is 23.1 Å². The fourth-order valence-electron chi connectivity index (χ4n) is 3.58. The van der Waals surface area contributed by atoms with Crippen LogP contribution in [0.3, 0.4) is 0 Å². The summed E-state index contributed by atoms with van der Waals surface area (Å²) in [6.07, 6.45) is 0.730. The van der Waals surface area contributed by atoms with Crippen molar-refractivity contribution in [3.63, 3.8) is 0 Å². The van der Waals surface area contributed by atoms with Crippen LogP contribution in [0.4, 0.5) is 5.69 Å². The molecule has 134 valence electrons. The molecule has 0 spiro atoms. The van der Waals surface area contributed by atoms with E-state index in [-0.39, 0.29) is 11.7 Å². The quantitative estimate of drug-likeness (QED) is 0.802. The first-order chi connectivity index (χ1) is 12.5.